The third-order valence-corrected chi connectivity index (χ3v) is 3.92. The van der Waals surface area contributed by atoms with Crippen molar-refractivity contribution in [2.45, 2.75) is 13.3 Å². The Bertz CT molecular complexity index is 914. The van der Waals surface area contributed by atoms with Crippen LogP contribution in [0.1, 0.15) is 23.0 Å². The molecule has 0 fully saturated rings. The van der Waals surface area contributed by atoms with E-state index >= 15 is 0 Å². The summed E-state index contributed by atoms with van der Waals surface area (Å²) in [5.74, 6) is 0.541. The Morgan fingerprint density at radius 1 is 1.07 bits per heavy atom. The monoisotopic (exact) mass is 380 g/mol. The molecule has 144 valence electrons. The molecule has 1 heterocycles. The molecular formula is C21H21FN4O2. The second-order valence-electron chi connectivity index (χ2n) is 5.98. The van der Waals surface area contributed by atoms with E-state index in [-0.39, 0.29) is 17.4 Å². The second kappa shape index (κ2) is 9.45. The lowest BCUT2D eigenvalue weighted by molar-refractivity contribution is 0.0949. The summed E-state index contributed by atoms with van der Waals surface area (Å²) < 4.78 is 18.3. The summed E-state index contributed by atoms with van der Waals surface area (Å²) in [5.41, 5.74) is 2.00. The lowest BCUT2D eigenvalue weighted by Gasteiger charge is -2.08. The highest BCUT2D eigenvalue weighted by Gasteiger charge is 2.09. The van der Waals surface area contributed by atoms with Crippen molar-refractivity contribution in [2.24, 2.45) is 0 Å². The van der Waals surface area contributed by atoms with Gasteiger partial charge in [0.2, 0.25) is 5.95 Å². The minimum atomic E-state index is -0.292. The first-order valence-electron chi connectivity index (χ1n) is 8.99. The molecule has 3 rings (SSSR count). The smallest absolute Gasteiger partial charge is 0.270 e. The van der Waals surface area contributed by atoms with E-state index in [4.69, 9.17) is 4.74 Å². The molecular weight excluding hydrogens is 359 g/mol. The molecule has 0 radical (unpaired) electrons. The standard InChI is InChI=1S/C21H21FN4O2/c1-2-28-18-9-7-17(8-10-18)25-21-24-14-12-19(26-21)20(27)23-13-11-15-3-5-16(22)6-4-15/h3-10,12,14H,2,11,13H2,1H3,(H,23,27)(H,24,25,26). The molecule has 0 saturated carbocycles. The number of aromatic nitrogens is 2. The van der Waals surface area contributed by atoms with Gasteiger partial charge in [0.15, 0.2) is 0 Å². The number of rotatable bonds is 8. The summed E-state index contributed by atoms with van der Waals surface area (Å²) in [6.07, 6.45) is 2.13. The molecule has 0 aliphatic carbocycles. The van der Waals surface area contributed by atoms with Crippen molar-refractivity contribution in [3.63, 3.8) is 0 Å². The van der Waals surface area contributed by atoms with Gasteiger partial charge < -0.3 is 15.4 Å². The van der Waals surface area contributed by atoms with E-state index in [2.05, 4.69) is 20.6 Å². The first-order chi connectivity index (χ1) is 13.6. The van der Waals surface area contributed by atoms with Crippen LogP contribution >= 0.6 is 0 Å². The summed E-state index contributed by atoms with van der Waals surface area (Å²) >= 11 is 0. The SMILES string of the molecule is CCOc1ccc(Nc2nccc(C(=O)NCCc3ccc(F)cc3)n2)cc1. The Kier molecular flexibility index (Phi) is 6.51. The molecule has 6 nitrogen and oxygen atoms in total. The summed E-state index contributed by atoms with van der Waals surface area (Å²) in [5, 5.41) is 5.87. The van der Waals surface area contributed by atoms with Crippen LogP contribution in [0, 0.1) is 5.82 Å². The zero-order chi connectivity index (χ0) is 19.8. The van der Waals surface area contributed by atoms with Crippen LogP contribution in [0.15, 0.2) is 60.8 Å². The minimum Gasteiger partial charge on any atom is -0.494 e. The molecule has 0 bridgehead atoms. The van der Waals surface area contributed by atoms with Gasteiger partial charge in [-0.05, 0) is 61.4 Å². The fraction of sp³-hybridized carbons (Fsp3) is 0.190. The van der Waals surface area contributed by atoms with Crippen LogP contribution in [0.25, 0.3) is 0 Å². The fourth-order valence-electron chi connectivity index (χ4n) is 2.54. The van der Waals surface area contributed by atoms with Crippen LogP contribution < -0.4 is 15.4 Å². The number of carbonyl (C=O) groups is 1. The average Bonchev–Trinajstić information content (AvgIpc) is 2.71. The first kappa shape index (κ1) is 19.3. The maximum absolute atomic E-state index is 12.9. The van der Waals surface area contributed by atoms with Crippen molar-refractivity contribution >= 4 is 17.5 Å². The number of nitrogens with one attached hydrogen (secondary N) is 2. The van der Waals surface area contributed by atoms with E-state index in [1.165, 1.54) is 18.3 Å². The number of ether oxygens (including phenoxy) is 1. The summed E-state index contributed by atoms with van der Waals surface area (Å²) in [7, 11) is 0. The van der Waals surface area contributed by atoms with Crippen molar-refractivity contribution in [3.8, 4) is 5.75 Å². The molecule has 0 aliphatic rings. The highest BCUT2D eigenvalue weighted by atomic mass is 19.1. The highest BCUT2D eigenvalue weighted by molar-refractivity contribution is 5.92. The lowest BCUT2D eigenvalue weighted by Crippen LogP contribution is -2.26. The lowest BCUT2D eigenvalue weighted by atomic mass is 10.1. The highest BCUT2D eigenvalue weighted by Crippen LogP contribution is 2.18. The number of carbonyl (C=O) groups excluding carboxylic acids is 1. The molecule has 28 heavy (non-hydrogen) atoms. The van der Waals surface area contributed by atoms with Crippen molar-refractivity contribution in [1.82, 2.24) is 15.3 Å². The topological polar surface area (TPSA) is 76.1 Å². The van der Waals surface area contributed by atoms with E-state index in [0.29, 0.717) is 25.5 Å². The van der Waals surface area contributed by atoms with Gasteiger partial charge >= 0.3 is 0 Å². The predicted octanol–water partition coefficient (Wildman–Crippen LogP) is 3.73. The van der Waals surface area contributed by atoms with Gasteiger partial charge in [-0.1, -0.05) is 12.1 Å². The van der Waals surface area contributed by atoms with Gasteiger partial charge in [0, 0.05) is 18.4 Å². The van der Waals surface area contributed by atoms with Gasteiger partial charge in [0.05, 0.1) is 6.61 Å². The Morgan fingerprint density at radius 2 is 1.82 bits per heavy atom. The van der Waals surface area contributed by atoms with Gasteiger partial charge in [0.1, 0.15) is 17.3 Å². The molecule has 2 aromatic carbocycles. The zero-order valence-electron chi connectivity index (χ0n) is 15.5. The molecule has 0 atom stereocenters. The minimum absolute atomic E-state index is 0.266. The maximum atomic E-state index is 12.9. The van der Waals surface area contributed by atoms with Crippen LogP contribution in [-0.2, 0) is 6.42 Å². The van der Waals surface area contributed by atoms with E-state index in [1.54, 1.807) is 18.2 Å². The Morgan fingerprint density at radius 3 is 2.54 bits per heavy atom. The third-order valence-electron chi connectivity index (χ3n) is 3.92. The Hall–Kier alpha value is -3.48. The van der Waals surface area contributed by atoms with Crippen molar-refractivity contribution < 1.29 is 13.9 Å². The van der Waals surface area contributed by atoms with E-state index in [9.17, 15) is 9.18 Å². The van der Waals surface area contributed by atoms with E-state index in [1.807, 2.05) is 31.2 Å². The average molecular weight is 380 g/mol. The van der Waals surface area contributed by atoms with Crippen molar-refractivity contribution in [3.05, 3.63) is 77.9 Å². The van der Waals surface area contributed by atoms with Crippen molar-refractivity contribution in [1.29, 1.82) is 0 Å². The molecule has 1 aromatic heterocycles. The third kappa shape index (κ3) is 5.51. The summed E-state index contributed by atoms with van der Waals surface area (Å²) in [6.45, 7) is 2.96. The van der Waals surface area contributed by atoms with Crippen molar-refractivity contribution in [2.75, 3.05) is 18.5 Å². The van der Waals surface area contributed by atoms with Gasteiger partial charge in [-0.25, -0.2) is 14.4 Å². The second-order valence-corrected chi connectivity index (χ2v) is 5.98. The largest absolute Gasteiger partial charge is 0.494 e. The van der Waals surface area contributed by atoms with E-state index in [0.717, 1.165) is 17.0 Å². The molecule has 0 saturated heterocycles. The van der Waals surface area contributed by atoms with Crippen LogP contribution in [-0.4, -0.2) is 29.0 Å². The Labute approximate surface area is 162 Å². The molecule has 0 aliphatic heterocycles. The zero-order valence-corrected chi connectivity index (χ0v) is 15.5. The molecule has 0 unspecified atom stereocenters. The molecule has 7 heteroatoms. The number of hydrogen-bond acceptors (Lipinski definition) is 5. The first-order valence-corrected chi connectivity index (χ1v) is 8.99. The maximum Gasteiger partial charge on any atom is 0.270 e. The van der Waals surface area contributed by atoms with Gasteiger partial charge in [-0.15, -0.1) is 0 Å². The number of benzene rings is 2. The molecule has 0 spiro atoms. The number of halogens is 1. The predicted molar refractivity (Wildman–Crippen MR) is 105 cm³/mol. The Balaban J connectivity index is 1.55. The molecule has 3 aromatic rings. The van der Waals surface area contributed by atoms with Gasteiger partial charge in [0.25, 0.3) is 5.91 Å². The van der Waals surface area contributed by atoms with Crippen LogP contribution in [0.2, 0.25) is 0 Å². The number of amides is 1. The van der Waals surface area contributed by atoms with Crippen LogP contribution in [0.5, 0.6) is 5.75 Å². The summed E-state index contributed by atoms with van der Waals surface area (Å²) in [4.78, 5) is 20.7. The molecule has 2 N–H and O–H groups in total. The van der Waals surface area contributed by atoms with Crippen LogP contribution in [0.3, 0.4) is 0 Å². The van der Waals surface area contributed by atoms with Gasteiger partial charge in [-0.3, -0.25) is 4.79 Å². The number of anilines is 2. The summed E-state index contributed by atoms with van der Waals surface area (Å²) in [6, 6.07) is 15.1. The quantitative estimate of drug-likeness (QED) is 0.623. The van der Waals surface area contributed by atoms with Crippen LogP contribution in [0.4, 0.5) is 16.0 Å². The van der Waals surface area contributed by atoms with Gasteiger partial charge in [-0.2, -0.15) is 0 Å². The number of nitrogens with zero attached hydrogens (tertiary/aromatic N) is 2. The fourth-order valence-corrected chi connectivity index (χ4v) is 2.54. The number of hydrogen-bond donors (Lipinski definition) is 2. The van der Waals surface area contributed by atoms with E-state index < -0.39 is 0 Å². The molecule has 1 amide bonds. The normalized spacial score (nSPS) is 10.4.